The van der Waals surface area contributed by atoms with Crippen LogP contribution in [0.1, 0.15) is 57.7 Å². The van der Waals surface area contributed by atoms with Crippen LogP contribution in [-0.4, -0.2) is 26.2 Å². The van der Waals surface area contributed by atoms with E-state index < -0.39 is 28.5 Å². The first-order valence-corrected chi connectivity index (χ1v) is 14.1. The Hall–Kier alpha value is -4.67. The summed E-state index contributed by atoms with van der Waals surface area (Å²) >= 11 is 0. The first-order chi connectivity index (χ1) is 20.1. The minimum Gasteiger partial charge on any atom is -0.376 e. The maximum atomic E-state index is 15.2. The summed E-state index contributed by atoms with van der Waals surface area (Å²) in [7, 11) is 1.46. The van der Waals surface area contributed by atoms with Crippen molar-refractivity contribution in [3.63, 3.8) is 0 Å². The number of amides is 1. The van der Waals surface area contributed by atoms with Crippen molar-refractivity contribution < 1.29 is 9.18 Å². The molecule has 2 aromatic carbocycles. The monoisotopic (exact) mass is 578 g/mol. The maximum absolute atomic E-state index is 15.2. The van der Waals surface area contributed by atoms with E-state index in [0.717, 1.165) is 9.13 Å². The Morgan fingerprint density at radius 3 is 2.21 bits per heavy atom. The highest BCUT2D eigenvalue weighted by atomic mass is 19.1. The highest BCUT2D eigenvalue weighted by Gasteiger charge is 2.32. The fourth-order valence-electron chi connectivity index (χ4n) is 4.65. The van der Waals surface area contributed by atoms with Crippen LogP contribution in [0.2, 0.25) is 0 Å². The minimum absolute atomic E-state index is 0.0132. The zero-order valence-corrected chi connectivity index (χ0v) is 25.2. The molecule has 0 unspecified atom stereocenters. The SMILES string of the molecule is CC.CC.Cc1ccc(-n2c(=O)n(C3CC3)c(=O)c3c(Nc4cccc(NCC(N)=O)c4)c(C)c(=O)n(C)c32)c(F)c1. The molecule has 0 aliphatic heterocycles. The molecule has 10 nitrogen and oxygen atoms in total. The Bertz CT molecular complexity index is 1800. The number of rotatable bonds is 7. The van der Waals surface area contributed by atoms with Gasteiger partial charge in [0.25, 0.3) is 11.1 Å². The van der Waals surface area contributed by atoms with Crippen LogP contribution in [0.5, 0.6) is 0 Å². The molecule has 0 saturated heterocycles. The number of primary amides is 1. The maximum Gasteiger partial charge on any atom is 0.337 e. The van der Waals surface area contributed by atoms with Gasteiger partial charge in [-0.25, -0.2) is 13.8 Å². The van der Waals surface area contributed by atoms with Crippen molar-refractivity contribution >= 4 is 34.0 Å². The molecule has 0 spiro atoms. The van der Waals surface area contributed by atoms with Gasteiger partial charge in [0.1, 0.15) is 16.9 Å². The molecule has 1 aliphatic rings. The second kappa shape index (κ2) is 13.3. The molecule has 5 rings (SSSR count). The van der Waals surface area contributed by atoms with E-state index in [1.54, 1.807) is 44.2 Å². The lowest BCUT2D eigenvalue weighted by Crippen LogP contribution is -2.42. The molecule has 4 N–H and O–H groups in total. The zero-order chi connectivity index (χ0) is 31.3. The number of benzene rings is 2. The van der Waals surface area contributed by atoms with Gasteiger partial charge in [0.2, 0.25) is 5.91 Å². The van der Waals surface area contributed by atoms with E-state index in [4.69, 9.17) is 5.73 Å². The number of carbonyl (C=O) groups is 1. The predicted molar refractivity (Wildman–Crippen MR) is 167 cm³/mol. The zero-order valence-electron chi connectivity index (χ0n) is 25.2. The summed E-state index contributed by atoms with van der Waals surface area (Å²) in [4.78, 5) is 52.1. The Morgan fingerprint density at radius 1 is 0.976 bits per heavy atom. The van der Waals surface area contributed by atoms with Crippen LogP contribution in [0.15, 0.2) is 56.8 Å². The minimum atomic E-state index is -0.699. The number of halogens is 1. The molecule has 0 atom stereocenters. The van der Waals surface area contributed by atoms with E-state index in [9.17, 15) is 19.2 Å². The number of hydrogen-bond acceptors (Lipinski definition) is 6. The van der Waals surface area contributed by atoms with Crippen molar-refractivity contribution in [2.75, 3.05) is 17.2 Å². The predicted octanol–water partition coefficient (Wildman–Crippen LogP) is 4.64. The number of fused-ring (bicyclic) bond motifs is 1. The van der Waals surface area contributed by atoms with Gasteiger partial charge in [0.05, 0.1) is 17.9 Å². The van der Waals surface area contributed by atoms with Gasteiger partial charge in [-0.05, 0) is 62.6 Å². The molecule has 1 aliphatic carbocycles. The quantitative estimate of drug-likeness (QED) is 0.293. The molecule has 2 heterocycles. The van der Waals surface area contributed by atoms with Crippen molar-refractivity contribution in [1.29, 1.82) is 0 Å². The largest absolute Gasteiger partial charge is 0.376 e. The Morgan fingerprint density at radius 2 is 1.62 bits per heavy atom. The van der Waals surface area contributed by atoms with Gasteiger partial charge in [0, 0.05) is 30.0 Å². The van der Waals surface area contributed by atoms with Gasteiger partial charge in [-0.2, -0.15) is 0 Å². The third-order valence-corrected chi connectivity index (χ3v) is 6.69. The molecular weight excluding hydrogens is 539 g/mol. The Kier molecular flexibility index (Phi) is 10.1. The lowest BCUT2D eigenvalue weighted by Gasteiger charge is -2.21. The average Bonchev–Trinajstić information content (AvgIpc) is 3.81. The summed E-state index contributed by atoms with van der Waals surface area (Å²) in [6.45, 7) is 11.2. The van der Waals surface area contributed by atoms with Crippen LogP contribution >= 0.6 is 0 Å². The number of anilines is 3. The third-order valence-electron chi connectivity index (χ3n) is 6.69. The van der Waals surface area contributed by atoms with Crippen LogP contribution in [0.3, 0.4) is 0 Å². The van der Waals surface area contributed by atoms with Crippen LogP contribution in [0.4, 0.5) is 21.5 Å². The van der Waals surface area contributed by atoms with E-state index in [1.807, 2.05) is 27.7 Å². The second-order valence-electron chi connectivity index (χ2n) is 9.57. The Labute approximate surface area is 243 Å². The molecule has 11 heteroatoms. The van der Waals surface area contributed by atoms with E-state index >= 15 is 4.39 Å². The summed E-state index contributed by atoms with van der Waals surface area (Å²) in [6, 6.07) is 11.0. The number of hydrogen-bond donors (Lipinski definition) is 3. The average molecular weight is 579 g/mol. The van der Waals surface area contributed by atoms with Gasteiger partial charge >= 0.3 is 5.69 Å². The number of aryl methyl sites for hydroxylation is 2. The first kappa shape index (κ1) is 31.9. The highest BCUT2D eigenvalue weighted by Crippen LogP contribution is 2.34. The number of carbonyl (C=O) groups excluding carboxylic acids is 1. The fraction of sp³-hybridized carbons (Fsp3) is 0.355. The summed E-state index contributed by atoms with van der Waals surface area (Å²) in [6.07, 6.45) is 1.30. The van der Waals surface area contributed by atoms with Crippen molar-refractivity contribution in [3.05, 3.63) is 90.6 Å². The molecule has 2 aromatic heterocycles. The molecule has 42 heavy (non-hydrogen) atoms. The molecule has 1 saturated carbocycles. The molecule has 4 aromatic rings. The van der Waals surface area contributed by atoms with Crippen LogP contribution in [0.25, 0.3) is 16.7 Å². The fourth-order valence-corrected chi connectivity index (χ4v) is 4.65. The van der Waals surface area contributed by atoms with E-state index in [-0.39, 0.29) is 40.6 Å². The van der Waals surface area contributed by atoms with Gasteiger partial charge in [-0.1, -0.05) is 39.8 Å². The topological polar surface area (TPSA) is 133 Å². The molecule has 224 valence electrons. The van der Waals surface area contributed by atoms with Crippen LogP contribution < -0.4 is 33.2 Å². The van der Waals surface area contributed by atoms with Gasteiger partial charge in [-0.15, -0.1) is 0 Å². The van der Waals surface area contributed by atoms with Crippen molar-refractivity contribution in [3.8, 4) is 5.69 Å². The highest BCUT2D eigenvalue weighted by molar-refractivity contribution is 5.93. The molecule has 0 radical (unpaired) electrons. The van der Waals surface area contributed by atoms with Gasteiger partial charge in [0.15, 0.2) is 0 Å². The molecule has 1 fully saturated rings. The van der Waals surface area contributed by atoms with E-state index in [0.29, 0.717) is 29.8 Å². The van der Waals surface area contributed by atoms with Crippen LogP contribution in [-0.2, 0) is 11.8 Å². The normalized spacial score (nSPS) is 12.1. The van der Waals surface area contributed by atoms with Crippen LogP contribution in [0, 0.1) is 19.7 Å². The van der Waals surface area contributed by atoms with E-state index in [1.165, 1.54) is 23.7 Å². The Balaban J connectivity index is 0.00000116. The number of nitrogens with one attached hydrogen (secondary N) is 2. The second-order valence-corrected chi connectivity index (χ2v) is 9.57. The summed E-state index contributed by atoms with van der Waals surface area (Å²) in [5.74, 6) is -1.18. The lowest BCUT2D eigenvalue weighted by atomic mass is 10.1. The summed E-state index contributed by atoms with van der Waals surface area (Å²) < 4.78 is 18.7. The molecule has 1 amide bonds. The van der Waals surface area contributed by atoms with Gasteiger partial charge < -0.3 is 16.4 Å². The smallest absolute Gasteiger partial charge is 0.337 e. The number of pyridine rings is 1. The third kappa shape index (κ3) is 6.14. The summed E-state index contributed by atoms with van der Waals surface area (Å²) in [5, 5.41) is 6.16. The van der Waals surface area contributed by atoms with E-state index in [2.05, 4.69) is 10.6 Å². The first-order valence-electron chi connectivity index (χ1n) is 14.1. The van der Waals surface area contributed by atoms with Crippen molar-refractivity contribution in [1.82, 2.24) is 13.7 Å². The number of aromatic nitrogens is 3. The molecule has 0 bridgehead atoms. The lowest BCUT2D eigenvalue weighted by molar-refractivity contribution is -0.116. The van der Waals surface area contributed by atoms with Crippen molar-refractivity contribution in [2.24, 2.45) is 12.8 Å². The standard InChI is InChI=1S/C27H27FN6O4.2C2H6/c1-14-7-10-20(19(28)11-14)34-24-22(26(37)33(27(34)38)18-8-9-18)23(15(2)25(36)32(24)3)31-17-6-4-5-16(12-17)30-13-21(29)35;2*1-2/h4-7,10-12,18,30-31H,8-9,13H2,1-3H3,(H2,29,35);2*1-2H3. The number of nitrogens with zero attached hydrogens (tertiary/aromatic N) is 3. The van der Waals surface area contributed by atoms with Gasteiger partial charge in [-0.3, -0.25) is 23.5 Å². The van der Waals surface area contributed by atoms with Crippen molar-refractivity contribution in [2.45, 2.75) is 60.4 Å². The summed E-state index contributed by atoms with van der Waals surface area (Å²) in [5.41, 5.74) is 5.70. The molecular formula is C31H39FN6O4. The number of nitrogens with two attached hydrogens (primary N) is 1.